The van der Waals surface area contributed by atoms with Crippen molar-refractivity contribution in [1.82, 2.24) is 0 Å². The molecule has 0 bridgehead atoms. The molecule has 0 heterocycles. The molecule has 0 spiro atoms. The van der Waals surface area contributed by atoms with Crippen molar-refractivity contribution < 1.29 is 27.8 Å². The Balaban J connectivity index is 1.50. The van der Waals surface area contributed by atoms with Crippen molar-refractivity contribution in [2.24, 2.45) is 0 Å². The third-order valence-electron chi connectivity index (χ3n) is 4.16. The molecule has 1 fully saturated rings. The van der Waals surface area contributed by atoms with Gasteiger partial charge in [0.05, 0.1) is 5.41 Å². The Morgan fingerprint density at radius 1 is 1.04 bits per heavy atom. The van der Waals surface area contributed by atoms with Crippen molar-refractivity contribution in [2.45, 2.75) is 24.9 Å². The Morgan fingerprint density at radius 3 is 2.27 bits per heavy atom. The van der Waals surface area contributed by atoms with Crippen LogP contribution in [0.4, 0.5) is 14.5 Å². The second-order valence-electron chi connectivity index (χ2n) is 5.98. The summed E-state index contributed by atoms with van der Waals surface area (Å²) in [6.07, 6.45) is 1.39. The van der Waals surface area contributed by atoms with E-state index in [1.807, 2.05) is 30.3 Å². The highest BCUT2D eigenvalue weighted by Gasteiger charge is 2.52. The number of anilines is 1. The standard InChI is InChI=1S/C19H17F2NO4/c20-18(21)26-15-8-6-14(7-9-15)22-16(23)12-25-17(24)19(10-11-19)13-4-2-1-3-5-13/h1-9,18H,10-12H2,(H,22,23). The number of amides is 1. The normalized spacial score (nSPS) is 14.6. The summed E-state index contributed by atoms with van der Waals surface area (Å²) in [5, 5.41) is 2.53. The minimum absolute atomic E-state index is 0.0111. The SMILES string of the molecule is O=C(COC(=O)C1(c2ccccc2)CC1)Nc1ccc(OC(F)F)cc1. The third kappa shape index (κ3) is 4.17. The quantitative estimate of drug-likeness (QED) is 0.767. The van der Waals surface area contributed by atoms with Crippen LogP contribution in [0.1, 0.15) is 18.4 Å². The van der Waals surface area contributed by atoms with E-state index in [-0.39, 0.29) is 5.75 Å². The summed E-state index contributed by atoms with van der Waals surface area (Å²) < 4.78 is 33.6. The topological polar surface area (TPSA) is 64.6 Å². The van der Waals surface area contributed by atoms with Gasteiger partial charge in [-0.15, -0.1) is 0 Å². The molecule has 1 amide bonds. The van der Waals surface area contributed by atoms with Gasteiger partial charge in [-0.2, -0.15) is 8.78 Å². The number of rotatable bonds is 7. The fourth-order valence-electron chi connectivity index (χ4n) is 2.68. The highest BCUT2D eigenvalue weighted by atomic mass is 19.3. The van der Waals surface area contributed by atoms with Crippen LogP contribution in [0.15, 0.2) is 54.6 Å². The highest BCUT2D eigenvalue weighted by Crippen LogP contribution is 2.49. The Morgan fingerprint density at radius 2 is 1.69 bits per heavy atom. The number of esters is 1. The van der Waals surface area contributed by atoms with Crippen LogP contribution in [0.3, 0.4) is 0 Å². The molecule has 1 N–H and O–H groups in total. The first-order chi connectivity index (χ1) is 12.5. The average Bonchev–Trinajstić information content (AvgIpc) is 3.44. The summed E-state index contributed by atoms with van der Waals surface area (Å²) in [4.78, 5) is 24.3. The summed E-state index contributed by atoms with van der Waals surface area (Å²) in [6.45, 7) is -3.32. The molecule has 0 saturated heterocycles. The first-order valence-corrected chi connectivity index (χ1v) is 8.07. The molecular formula is C19H17F2NO4. The first kappa shape index (κ1) is 17.8. The number of carbonyl (C=O) groups excluding carboxylic acids is 2. The van der Waals surface area contributed by atoms with Crippen LogP contribution < -0.4 is 10.1 Å². The molecule has 0 radical (unpaired) electrons. The monoisotopic (exact) mass is 361 g/mol. The lowest BCUT2D eigenvalue weighted by atomic mass is 9.96. The Hall–Kier alpha value is -2.96. The predicted octanol–water partition coefficient (Wildman–Crippen LogP) is 3.50. The van der Waals surface area contributed by atoms with E-state index in [0.29, 0.717) is 18.5 Å². The Labute approximate surface area is 148 Å². The van der Waals surface area contributed by atoms with Crippen LogP contribution in [-0.4, -0.2) is 25.1 Å². The maximum absolute atomic E-state index is 12.3. The molecule has 136 valence electrons. The molecule has 0 unspecified atom stereocenters. The van der Waals surface area contributed by atoms with E-state index >= 15 is 0 Å². The molecule has 1 aliphatic rings. The fourth-order valence-corrected chi connectivity index (χ4v) is 2.68. The van der Waals surface area contributed by atoms with Gasteiger partial charge in [-0.05, 0) is 42.7 Å². The first-order valence-electron chi connectivity index (χ1n) is 8.07. The van der Waals surface area contributed by atoms with Crippen molar-refractivity contribution in [2.75, 3.05) is 11.9 Å². The number of nitrogens with one attached hydrogen (secondary N) is 1. The van der Waals surface area contributed by atoms with E-state index in [1.54, 1.807) is 0 Å². The summed E-state index contributed by atoms with van der Waals surface area (Å²) in [6, 6.07) is 14.8. The van der Waals surface area contributed by atoms with Gasteiger partial charge in [-0.1, -0.05) is 30.3 Å². The molecule has 1 saturated carbocycles. The largest absolute Gasteiger partial charge is 0.455 e. The number of halogens is 2. The van der Waals surface area contributed by atoms with E-state index in [2.05, 4.69) is 10.1 Å². The zero-order valence-electron chi connectivity index (χ0n) is 13.8. The fraction of sp³-hybridized carbons (Fsp3) is 0.263. The summed E-state index contributed by atoms with van der Waals surface area (Å²) in [7, 11) is 0. The van der Waals surface area contributed by atoms with Crippen molar-refractivity contribution in [3.8, 4) is 5.75 Å². The van der Waals surface area contributed by atoms with Crippen LogP contribution in [0.5, 0.6) is 5.75 Å². The molecular weight excluding hydrogens is 344 g/mol. The smallest absolute Gasteiger partial charge is 0.387 e. The molecule has 7 heteroatoms. The molecule has 3 rings (SSSR count). The summed E-state index contributed by atoms with van der Waals surface area (Å²) in [5.41, 5.74) is 0.632. The predicted molar refractivity (Wildman–Crippen MR) is 90.0 cm³/mol. The van der Waals surface area contributed by atoms with Crippen molar-refractivity contribution in [3.05, 3.63) is 60.2 Å². The van der Waals surface area contributed by atoms with Gasteiger partial charge >= 0.3 is 12.6 Å². The molecule has 0 aromatic heterocycles. The number of hydrogen-bond acceptors (Lipinski definition) is 4. The molecule has 2 aromatic carbocycles. The lowest BCUT2D eigenvalue weighted by Gasteiger charge is -2.14. The van der Waals surface area contributed by atoms with E-state index in [0.717, 1.165) is 5.56 Å². The molecule has 1 aliphatic carbocycles. The van der Waals surface area contributed by atoms with E-state index in [9.17, 15) is 18.4 Å². The van der Waals surface area contributed by atoms with Crippen molar-refractivity contribution >= 4 is 17.6 Å². The van der Waals surface area contributed by atoms with Crippen LogP contribution in [0, 0.1) is 0 Å². The van der Waals surface area contributed by atoms with Crippen LogP contribution in [-0.2, 0) is 19.7 Å². The van der Waals surface area contributed by atoms with Gasteiger partial charge in [0.1, 0.15) is 5.75 Å². The Kier molecular flexibility index (Phi) is 5.16. The van der Waals surface area contributed by atoms with E-state index in [4.69, 9.17) is 4.74 Å². The minimum atomic E-state index is -2.91. The minimum Gasteiger partial charge on any atom is -0.455 e. The van der Waals surface area contributed by atoms with Crippen LogP contribution in [0.2, 0.25) is 0 Å². The number of alkyl halides is 2. The average molecular weight is 361 g/mol. The maximum Gasteiger partial charge on any atom is 0.387 e. The van der Waals surface area contributed by atoms with Gasteiger partial charge in [-0.3, -0.25) is 9.59 Å². The van der Waals surface area contributed by atoms with Crippen LogP contribution in [0.25, 0.3) is 0 Å². The zero-order valence-corrected chi connectivity index (χ0v) is 13.8. The lowest BCUT2D eigenvalue weighted by molar-refractivity contribution is -0.150. The van der Waals surface area contributed by atoms with E-state index < -0.39 is 30.5 Å². The third-order valence-corrected chi connectivity index (χ3v) is 4.16. The van der Waals surface area contributed by atoms with Gasteiger partial charge in [0.2, 0.25) is 0 Å². The number of carbonyl (C=O) groups is 2. The number of ether oxygens (including phenoxy) is 2. The van der Waals surface area contributed by atoms with Crippen molar-refractivity contribution in [3.63, 3.8) is 0 Å². The Bertz CT molecular complexity index is 774. The summed E-state index contributed by atoms with van der Waals surface area (Å²) >= 11 is 0. The maximum atomic E-state index is 12.3. The van der Waals surface area contributed by atoms with Gasteiger partial charge < -0.3 is 14.8 Å². The second kappa shape index (κ2) is 7.51. The molecule has 0 atom stereocenters. The van der Waals surface area contributed by atoms with Gasteiger partial charge in [0.15, 0.2) is 6.61 Å². The van der Waals surface area contributed by atoms with Gasteiger partial charge in [-0.25, -0.2) is 0 Å². The van der Waals surface area contributed by atoms with Crippen molar-refractivity contribution in [1.29, 1.82) is 0 Å². The van der Waals surface area contributed by atoms with Gasteiger partial charge in [0, 0.05) is 5.69 Å². The highest BCUT2D eigenvalue weighted by molar-refractivity contribution is 5.94. The van der Waals surface area contributed by atoms with Crippen LogP contribution >= 0.6 is 0 Å². The second-order valence-corrected chi connectivity index (χ2v) is 5.98. The molecule has 5 nitrogen and oxygen atoms in total. The lowest BCUT2D eigenvalue weighted by Crippen LogP contribution is -2.28. The zero-order chi connectivity index (χ0) is 18.6. The van der Waals surface area contributed by atoms with E-state index in [1.165, 1.54) is 24.3 Å². The number of benzene rings is 2. The molecule has 0 aliphatic heterocycles. The molecule has 26 heavy (non-hydrogen) atoms. The molecule has 2 aromatic rings. The van der Waals surface area contributed by atoms with Gasteiger partial charge in [0.25, 0.3) is 5.91 Å². The summed E-state index contributed by atoms with van der Waals surface area (Å²) in [5.74, 6) is -0.938. The number of hydrogen-bond donors (Lipinski definition) is 1.